The molecule has 0 spiro atoms. The van der Waals surface area contributed by atoms with E-state index in [0.29, 0.717) is 10.7 Å². The monoisotopic (exact) mass is 369 g/mol. The van der Waals surface area contributed by atoms with Crippen LogP contribution in [0, 0.1) is 6.92 Å². The van der Waals surface area contributed by atoms with Crippen molar-refractivity contribution in [3.8, 4) is 0 Å². The molecule has 21 heavy (non-hydrogen) atoms. The number of carbonyl (C=O) groups excluding carboxylic acids is 1. The first-order valence-electron chi connectivity index (χ1n) is 5.93. The maximum Gasteiger partial charge on any atom is 0.339 e. The number of carbonyl (C=O) groups is 1. The van der Waals surface area contributed by atoms with Crippen molar-refractivity contribution in [1.29, 1.82) is 0 Å². The Hall–Kier alpha value is -1.67. The first-order valence-corrected chi connectivity index (χ1v) is 7.95. The Kier molecular flexibility index (Phi) is 5.13. The highest BCUT2D eigenvalue weighted by Crippen LogP contribution is 2.13. The van der Waals surface area contributed by atoms with Crippen LogP contribution in [0.25, 0.3) is 0 Å². The van der Waals surface area contributed by atoms with Gasteiger partial charge in [-0.15, -0.1) is 10.2 Å². The minimum absolute atomic E-state index is 0.198. The number of aryl methyl sites for hydroxylation is 1. The predicted octanol–water partition coefficient (Wildman–Crippen LogP) is 2.25. The van der Waals surface area contributed by atoms with Crippen molar-refractivity contribution < 1.29 is 9.53 Å². The first-order chi connectivity index (χ1) is 10.0. The molecule has 0 saturated carbocycles. The van der Waals surface area contributed by atoms with Gasteiger partial charge in [0.15, 0.2) is 11.9 Å². The highest BCUT2D eigenvalue weighted by atomic mass is 79.9. The summed E-state index contributed by atoms with van der Waals surface area (Å²) in [7, 11) is 0. The molecular formula is C13H12BrN3O3S. The molecule has 2 aromatic rings. The van der Waals surface area contributed by atoms with Crippen LogP contribution in [0.1, 0.15) is 16.1 Å². The molecule has 0 aliphatic rings. The number of hydrogen-bond donors (Lipinski definition) is 0. The molecule has 8 heteroatoms. The van der Waals surface area contributed by atoms with Gasteiger partial charge in [-0.05, 0) is 31.4 Å². The third-order valence-electron chi connectivity index (χ3n) is 2.64. The van der Waals surface area contributed by atoms with Crippen LogP contribution in [0.3, 0.4) is 0 Å². The lowest BCUT2D eigenvalue weighted by molar-refractivity contribution is 0.0344. The number of rotatable bonds is 4. The normalized spacial score (nSPS) is 10.4. The fourth-order valence-corrected chi connectivity index (χ4v) is 2.46. The van der Waals surface area contributed by atoms with Gasteiger partial charge in [0, 0.05) is 4.47 Å². The summed E-state index contributed by atoms with van der Waals surface area (Å²) in [4.78, 5) is 24.0. The van der Waals surface area contributed by atoms with Crippen LogP contribution in [0.15, 0.2) is 38.7 Å². The Morgan fingerprint density at radius 2 is 2.19 bits per heavy atom. The van der Waals surface area contributed by atoms with Gasteiger partial charge < -0.3 is 4.74 Å². The number of esters is 1. The Bertz CT molecular complexity index is 733. The molecule has 0 fully saturated rings. The second-order valence-electron chi connectivity index (χ2n) is 4.08. The molecule has 1 heterocycles. The highest BCUT2D eigenvalue weighted by Gasteiger charge is 2.12. The molecule has 1 aromatic carbocycles. The highest BCUT2D eigenvalue weighted by molar-refractivity contribution is 9.10. The molecule has 0 bridgehead atoms. The summed E-state index contributed by atoms with van der Waals surface area (Å²) in [6.45, 7) is 1.36. The molecule has 110 valence electrons. The van der Waals surface area contributed by atoms with Crippen LogP contribution in [0.4, 0.5) is 0 Å². The second kappa shape index (κ2) is 6.86. The molecular weight excluding hydrogens is 358 g/mol. The Morgan fingerprint density at radius 3 is 2.86 bits per heavy atom. The van der Waals surface area contributed by atoms with Crippen LogP contribution in [-0.2, 0) is 11.5 Å². The van der Waals surface area contributed by atoms with E-state index in [9.17, 15) is 9.59 Å². The van der Waals surface area contributed by atoms with Crippen molar-refractivity contribution in [2.24, 2.45) is 0 Å². The Labute approximate surface area is 133 Å². The van der Waals surface area contributed by atoms with Crippen LogP contribution in [-0.4, -0.2) is 27.0 Å². The number of nitrogens with zero attached hydrogens (tertiary/aromatic N) is 3. The maximum atomic E-state index is 12.0. The van der Waals surface area contributed by atoms with Crippen LogP contribution < -0.4 is 5.56 Å². The summed E-state index contributed by atoms with van der Waals surface area (Å²) >= 11 is 4.54. The van der Waals surface area contributed by atoms with E-state index in [1.807, 2.05) is 6.07 Å². The summed E-state index contributed by atoms with van der Waals surface area (Å²) in [6, 6.07) is 6.83. The summed E-state index contributed by atoms with van der Waals surface area (Å²) in [5.74, 6) is -0.510. The third-order valence-corrected chi connectivity index (χ3v) is 3.80. The van der Waals surface area contributed by atoms with Gasteiger partial charge in [-0.25, -0.2) is 9.36 Å². The van der Waals surface area contributed by atoms with E-state index >= 15 is 0 Å². The largest absolute Gasteiger partial charge is 0.440 e. The average molecular weight is 370 g/mol. The van der Waals surface area contributed by atoms with Gasteiger partial charge in [0.1, 0.15) is 5.69 Å². The van der Waals surface area contributed by atoms with Crippen molar-refractivity contribution in [3.05, 3.63) is 50.3 Å². The zero-order chi connectivity index (χ0) is 15.4. The van der Waals surface area contributed by atoms with Gasteiger partial charge >= 0.3 is 5.97 Å². The fourth-order valence-electron chi connectivity index (χ4n) is 1.58. The van der Waals surface area contributed by atoms with E-state index < -0.39 is 5.97 Å². The van der Waals surface area contributed by atoms with Gasteiger partial charge in [-0.2, -0.15) is 0 Å². The zero-order valence-corrected chi connectivity index (χ0v) is 13.8. The lowest BCUT2D eigenvalue weighted by atomic mass is 10.2. The van der Waals surface area contributed by atoms with E-state index in [2.05, 4.69) is 26.1 Å². The van der Waals surface area contributed by atoms with Crippen molar-refractivity contribution >= 4 is 33.7 Å². The topological polar surface area (TPSA) is 74.1 Å². The standard InChI is InChI=1S/C13H12BrN3O3S/c1-8-11(18)17(13(21-2)16-15-8)7-20-12(19)9-4-3-5-10(14)6-9/h3-6H,7H2,1-2H3. The third kappa shape index (κ3) is 3.70. The van der Waals surface area contributed by atoms with E-state index in [1.54, 1.807) is 31.4 Å². The Morgan fingerprint density at radius 1 is 1.43 bits per heavy atom. The first kappa shape index (κ1) is 15.7. The number of thioether (sulfide) groups is 1. The molecule has 0 atom stereocenters. The number of aromatic nitrogens is 3. The van der Waals surface area contributed by atoms with E-state index in [4.69, 9.17) is 4.74 Å². The van der Waals surface area contributed by atoms with Crippen LogP contribution in [0.2, 0.25) is 0 Å². The van der Waals surface area contributed by atoms with Crippen molar-refractivity contribution in [2.45, 2.75) is 18.8 Å². The van der Waals surface area contributed by atoms with Gasteiger partial charge in [0.2, 0.25) is 0 Å². The Balaban J connectivity index is 2.19. The zero-order valence-electron chi connectivity index (χ0n) is 11.4. The molecule has 0 amide bonds. The quantitative estimate of drug-likeness (QED) is 0.607. The molecule has 0 saturated heterocycles. The molecule has 0 N–H and O–H groups in total. The lowest BCUT2D eigenvalue weighted by Gasteiger charge is -2.10. The molecule has 0 aliphatic heterocycles. The minimum atomic E-state index is -0.510. The second-order valence-corrected chi connectivity index (χ2v) is 5.77. The molecule has 2 rings (SSSR count). The van der Waals surface area contributed by atoms with Crippen molar-refractivity contribution in [1.82, 2.24) is 14.8 Å². The van der Waals surface area contributed by atoms with E-state index in [-0.39, 0.29) is 18.0 Å². The summed E-state index contributed by atoms with van der Waals surface area (Å²) in [5.41, 5.74) is 0.338. The summed E-state index contributed by atoms with van der Waals surface area (Å²) in [6.07, 6.45) is 1.77. The molecule has 0 radical (unpaired) electrons. The SMILES string of the molecule is CSc1nnc(C)c(=O)n1COC(=O)c1cccc(Br)c1. The lowest BCUT2D eigenvalue weighted by Crippen LogP contribution is -2.28. The average Bonchev–Trinajstić information content (AvgIpc) is 2.48. The fraction of sp³-hybridized carbons (Fsp3) is 0.231. The molecule has 0 aliphatic carbocycles. The summed E-state index contributed by atoms with van der Waals surface area (Å²) in [5, 5.41) is 8.05. The number of ether oxygens (including phenoxy) is 1. The van der Waals surface area contributed by atoms with Gasteiger partial charge in [0.25, 0.3) is 5.56 Å². The minimum Gasteiger partial charge on any atom is -0.440 e. The van der Waals surface area contributed by atoms with E-state index in [0.717, 1.165) is 4.47 Å². The van der Waals surface area contributed by atoms with Gasteiger partial charge in [-0.3, -0.25) is 4.79 Å². The predicted molar refractivity (Wildman–Crippen MR) is 82.4 cm³/mol. The van der Waals surface area contributed by atoms with Gasteiger partial charge in [-0.1, -0.05) is 33.8 Å². The smallest absolute Gasteiger partial charge is 0.339 e. The maximum absolute atomic E-state index is 12.0. The van der Waals surface area contributed by atoms with Crippen LogP contribution >= 0.6 is 27.7 Å². The molecule has 6 nitrogen and oxygen atoms in total. The van der Waals surface area contributed by atoms with Gasteiger partial charge in [0.05, 0.1) is 5.56 Å². The van der Waals surface area contributed by atoms with E-state index in [1.165, 1.54) is 16.3 Å². The van der Waals surface area contributed by atoms with Crippen molar-refractivity contribution in [2.75, 3.05) is 6.26 Å². The summed E-state index contributed by atoms with van der Waals surface area (Å²) < 4.78 is 7.23. The number of hydrogen-bond acceptors (Lipinski definition) is 6. The van der Waals surface area contributed by atoms with Crippen LogP contribution in [0.5, 0.6) is 0 Å². The van der Waals surface area contributed by atoms with Crippen molar-refractivity contribution in [3.63, 3.8) is 0 Å². The number of halogens is 1. The number of benzene rings is 1. The molecule has 1 aromatic heterocycles. The molecule has 0 unspecified atom stereocenters.